The fourth-order valence-corrected chi connectivity index (χ4v) is 1.44. The maximum atomic E-state index is 8.67. The predicted molar refractivity (Wildman–Crippen MR) is 70.2 cm³/mol. The molecule has 0 amide bonds. The monoisotopic (exact) mass is 237 g/mol. The lowest BCUT2D eigenvalue weighted by Gasteiger charge is -2.10. The van der Waals surface area contributed by atoms with Crippen LogP contribution in [0, 0.1) is 5.92 Å². The first-order chi connectivity index (χ1) is 8.22. The minimum absolute atomic E-state index is 0.241. The summed E-state index contributed by atoms with van der Waals surface area (Å²) in [5, 5.41) is 11.9. The van der Waals surface area contributed by atoms with Gasteiger partial charge >= 0.3 is 0 Å². The van der Waals surface area contributed by atoms with E-state index < -0.39 is 0 Å². The molecule has 0 heterocycles. The molecule has 1 aromatic carbocycles. The number of nitrogens with one attached hydrogen (secondary N) is 1. The van der Waals surface area contributed by atoms with Gasteiger partial charge in [0.2, 0.25) is 0 Å². The number of hydrogen-bond donors (Lipinski definition) is 2. The number of rotatable bonds is 8. The van der Waals surface area contributed by atoms with Gasteiger partial charge in [0.25, 0.3) is 0 Å². The largest absolute Gasteiger partial charge is 0.493 e. The molecular weight excluding hydrogens is 214 g/mol. The molecule has 0 spiro atoms. The summed E-state index contributed by atoms with van der Waals surface area (Å²) < 4.78 is 5.67. The lowest BCUT2D eigenvalue weighted by Crippen LogP contribution is -2.15. The first-order valence-electron chi connectivity index (χ1n) is 6.25. The smallest absolute Gasteiger partial charge is 0.119 e. The standard InChI is InChI=1S/C14H23NO2/c1-12(2)11-17-14-6-3-5-13(9-14)10-15-7-4-8-16/h3,5-6,9,12,15-16H,4,7-8,10-11H2,1-2H3. The van der Waals surface area contributed by atoms with Crippen molar-refractivity contribution in [3.8, 4) is 5.75 Å². The lowest BCUT2D eigenvalue weighted by molar-refractivity contribution is 0.270. The van der Waals surface area contributed by atoms with Crippen LogP contribution < -0.4 is 10.1 Å². The second-order valence-corrected chi connectivity index (χ2v) is 4.61. The third-order valence-corrected chi connectivity index (χ3v) is 2.32. The number of hydrogen-bond acceptors (Lipinski definition) is 3. The van der Waals surface area contributed by atoms with Gasteiger partial charge in [-0.1, -0.05) is 26.0 Å². The maximum absolute atomic E-state index is 8.67. The fraction of sp³-hybridized carbons (Fsp3) is 0.571. The molecule has 0 radical (unpaired) electrons. The molecule has 0 aliphatic heterocycles. The van der Waals surface area contributed by atoms with E-state index in [9.17, 15) is 0 Å². The molecule has 17 heavy (non-hydrogen) atoms. The molecule has 3 heteroatoms. The van der Waals surface area contributed by atoms with Gasteiger partial charge in [0.15, 0.2) is 0 Å². The highest BCUT2D eigenvalue weighted by atomic mass is 16.5. The van der Waals surface area contributed by atoms with Crippen LogP contribution in [0.2, 0.25) is 0 Å². The van der Waals surface area contributed by atoms with E-state index in [1.165, 1.54) is 5.56 Å². The Hall–Kier alpha value is -1.06. The van der Waals surface area contributed by atoms with Gasteiger partial charge in [-0.25, -0.2) is 0 Å². The summed E-state index contributed by atoms with van der Waals surface area (Å²) >= 11 is 0. The Bertz CT molecular complexity index is 313. The van der Waals surface area contributed by atoms with Crippen molar-refractivity contribution in [3.63, 3.8) is 0 Å². The van der Waals surface area contributed by atoms with Gasteiger partial charge in [-0.3, -0.25) is 0 Å². The van der Waals surface area contributed by atoms with Crippen molar-refractivity contribution in [3.05, 3.63) is 29.8 Å². The van der Waals surface area contributed by atoms with Gasteiger partial charge in [0.05, 0.1) is 6.61 Å². The lowest BCUT2D eigenvalue weighted by atomic mass is 10.2. The highest BCUT2D eigenvalue weighted by molar-refractivity contribution is 5.28. The minimum Gasteiger partial charge on any atom is -0.493 e. The summed E-state index contributed by atoms with van der Waals surface area (Å²) in [6.45, 7) is 6.93. The Morgan fingerprint density at radius 2 is 2.18 bits per heavy atom. The summed E-state index contributed by atoms with van der Waals surface area (Å²) in [5.41, 5.74) is 1.21. The molecule has 0 fully saturated rings. The predicted octanol–water partition coefficient (Wildman–Crippen LogP) is 2.19. The number of aliphatic hydroxyl groups is 1. The average molecular weight is 237 g/mol. The summed E-state index contributed by atoms with van der Waals surface area (Å²) in [4.78, 5) is 0. The molecule has 0 aromatic heterocycles. The molecule has 3 nitrogen and oxygen atoms in total. The van der Waals surface area contributed by atoms with Gasteiger partial charge in [-0.15, -0.1) is 0 Å². The molecule has 0 atom stereocenters. The fourth-order valence-electron chi connectivity index (χ4n) is 1.44. The Balaban J connectivity index is 2.37. The topological polar surface area (TPSA) is 41.5 Å². The molecule has 0 aliphatic carbocycles. The van der Waals surface area contributed by atoms with Crippen LogP contribution in [-0.2, 0) is 6.54 Å². The van der Waals surface area contributed by atoms with Crippen LogP contribution >= 0.6 is 0 Å². The quantitative estimate of drug-likeness (QED) is 0.681. The normalized spacial score (nSPS) is 10.8. The molecule has 0 bridgehead atoms. The van der Waals surface area contributed by atoms with Crippen LogP contribution in [0.5, 0.6) is 5.75 Å². The van der Waals surface area contributed by atoms with E-state index in [0.717, 1.165) is 31.9 Å². The van der Waals surface area contributed by atoms with Crippen molar-refractivity contribution < 1.29 is 9.84 Å². The van der Waals surface area contributed by atoms with E-state index in [4.69, 9.17) is 9.84 Å². The highest BCUT2D eigenvalue weighted by Gasteiger charge is 1.99. The average Bonchev–Trinajstić information content (AvgIpc) is 2.33. The van der Waals surface area contributed by atoms with Gasteiger partial charge in [-0.05, 0) is 36.6 Å². The van der Waals surface area contributed by atoms with E-state index in [0.29, 0.717) is 5.92 Å². The molecule has 0 unspecified atom stereocenters. The Morgan fingerprint density at radius 3 is 2.88 bits per heavy atom. The zero-order valence-electron chi connectivity index (χ0n) is 10.8. The van der Waals surface area contributed by atoms with E-state index in [-0.39, 0.29) is 6.61 Å². The Morgan fingerprint density at radius 1 is 1.35 bits per heavy atom. The second-order valence-electron chi connectivity index (χ2n) is 4.61. The summed E-state index contributed by atoms with van der Waals surface area (Å²) in [7, 11) is 0. The van der Waals surface area contributed by atoms with Crippen LogP contribution in [0.3, 0.4) is 0 Å². The van der Waals surface area contributed by atoms with Crippen molar-refractivity contribution in [2.45, 2.75) is 26.8 Å². The zero-order valence-corrected chi connectivity index (χ0v) is 10.8. The molecule has 96 valence electrons. The molecular formula is C14H23NO2. The third kappa shape index (κ3) is 6.29. The first kappa shape index (κ1) is 14.0. The maximum Gasteiger partial charge on any atom is 0.119 e. The van der Waals surface area contributed by atoms with Crippen molar-refractivity contribution in [1.82, 2.24) is 5.32 Å². The molecule has 2 N–H and O–H groups in total. The Labute approximate surface area is 104 Å². The number of ether oxygens (including phenoxy) is 1. The second kappa shape index (κ2) is 8.09. The molecule has 0 saturated heterocycles. The van der Waals surface area contributed by atoms with Crippen LogP contribution in [0.4, 0.5) is 0 Å². The van der Waals surface area contributed by atoms with Crippen LogP contribution in [0.15, 0.2) is 24.3 Å². The SMILES string of the molecule is CC(C)COc1cccc(CNCCCO)c1. The zero-order chi connectivity index (χ0) is 12.5. The summed E-state index contributed by atoms with van der Waals surface area (Å²) in [6, 6.07) is 8.14. The Kier molecular flexibility index (Phi) is 6.67. The van der Waals surface area contributed by atoms with Crippen molar-refractivity contribution in [1.29, 1.82) is 0 Å². The third-order valence-electron chi connectivity index (χ3n) is 2.32. The van der Waals surface area contributed by atoms with Crippen molar-refractivity contribution >= 4 is 0 Å². The van der Waals surface area contributed by atoms with E-state index in [1.54, 1.807) is 0 Å². The highest BCUT2D eigenvalue weighted by Crippen LogP contribution is 2.14. The van der Waals surface area contributed by atoms with Gasteiger partial charge in [0.1, 0.15) is 5.75 Å². The molecule has 0 saturated carbocycles. The van der Waals surface area contributed by atoms with Crippen molar-refractivity contribution in [2.75, 3.05) is 19.8 Å². The molecule has 0 aliphatic rings. The van der Waals surface area contributed by atoms with Gasteiger partial charge in [0, 0.05) is 13.2 Å². The van der Waals surface area contributed by atoms with Crippen molar-refractivity contribution in [2.24, 2.45) is 5.92 Å². The van der Waals surface area contributed by atoms with Crippen LogP contribution in [0.1, 0.15) is 25.8 Å². The van der Waals surface area contributed by atoms with E-state index in [2.05, 4.69) is 31.3 Å². The first-order valence-corrected chi connectivity index (χ1v) is 6.25. The summed E-state index contributed by atoms with van der Waals surface area (Å²) in [5.74, 6) is 1.47. The number of aliphatic hydroxyl groups excluding tert-OH is 1. The minimum atomic E-state index is 0.241. The summed E-state index contributed by atoms with van der Waals surface area (Å²) in [6.07, 6.45) is 0.795. The molecule has 1 aromatic rings. The number of benzene rings is 1. The van der Waals surface area contributed by atoms with Gasteiger partial charge in [-0.2, -0.15) is 0 Å². The van der Waals surface area contributed by atoms with E-state index in [1.807, 2.05) is 12.1 Å². The van der Waals surface area contributed by atoms with Crippen LogP contribution in [-0.4, -0.2) is 24.9 Å². The van der Waals surface area contributed by atoms with Gasteiger partial charge < -0.3 is 15.2 Å². The van der Waals surface area contributed by atoms with E-state index >= 15 is 0 Å². The molecule has 1 rings (SSSR count). The van der Waals surface area contributed by atoms with Crippen LogP contribution in [0.25, 0.3) is 0 Å².